The fourth-order valence-electron chi connectivity index (χ4n) is 1.48. The minimum Gasteiger partial charge on any atom is -0.305 e. The molecule has 2 N–H and O–H groups in total. The Labute approximate surface area is 116 Å². The van der Waals surface area contributed by atoms with Crippen LogP contribution in [-0.4, -0.2) is 21.6 Å². The van der Waals surface area contributed by atoms with Crippen LogP contribution in [0.5, 0.6) is 0 Å². The number of benzene rings is 1. The largest absolute Gasteiger partial charge is 0.446 e. The van der Waals surface area contributed by atoms with E-state index in [0.29, 0.717) is 5.82 Å². The Morgan fingerprint density at radius 1 is 1.30 bits per heavy atom. The van der Waals surface area contributed by atoms with E-state index in [1.54, 1.807) is 13.0 Å². The van der Waals surface area contributed by atoms with Crippen molar-refractivity contribution in [3.63, 3.8) is 0 Å². The van der Waals surface area contributed by atoms with E-state index in [9.17, 15) is 18.0 Å². The normalized spacial score (nSPS) is 11.4. The highest BCUT2D eigenvalue weighted by atomic mass is 32.2. The number of anilines is 1. The Morgan fingerprint density at radius 3 is 2.45 bits per heavy atom. The molecule has 0 aliphatic rings. The molecule has 2 aromatic rings. The molecule has 1 aromatic heterocycles. The summed E-state index contributed by atoms with van der Waals surface area (Å²) in [5.74, 6) is -0.0682. The topological polar surface area (TPSA) is 57.8 Å². The minimum atomic E-state index is -4.34. The number of halogens is 3. The predicted molar refractivity (Wildman–Crippen MR) is 69.6 cm³/mol. The van der Waals surface area contributed by atoms with Crippen LogP contribution in [0.1, 0.15) is 16.1 Å². The van der Waals surface area contributed by atoms with E-state index in [4.69, 9.17) is 0 Å². The molecular weight excluding hydrogens is 291 g/mol. The van der Waals surface area contributed by atoms with Gasteiger partial charge in [0.2, 0.25) is 0 Å². The summed E-state index contributed by atoms with van der Waals surface area (Å²) in [6.07, 6.45) is 0. The summed E-state index contributed by atoms with van der Waals surface area (Å²) in [6, 6.07) is 6.82. The summed E-state index contributed by atoms with van der Waals surface area (Å²) in [5, 5.41) is 9.04. The van der Waals surface area contributed by atoms with E-state index >= 15 is 0 Å². The highest BCUT2D eigenvalue weighted by Crippen LogP contribution is 2.36. The molecular formula is C12H10F3N3OS. The molecule has 20 heavy (non-hydrogen) atoms. The molecule has 0 radical (unpaired) electrons. The van der Waals surface area contributed by atoms with E-state index in [0.717, 1.165) is 5.69 Å². The Balaban J connectivity index is 2.04. The van der Waals surface area contributed by atoms with Gasteiger partial charge < -0.3 is 5.32 Å². The summed E-state index contributed by atoms with van der Waals surface area (Å²) >= 11 is -0.221. The van der Waals surface area contributed by atoms with Gasteiger partial charge in [-0.05, 0) is 43.0 Å². The van der Waals surface area contributed by atoms with Crippen LogP contribution in [0.3, 0.4) is 0 Å². The second kappa shape index (κ2) is 5.58. The number of thioether (sulfide) groups is 1. The number of nitrogens with one attached hydrogen (secondary N) is 2. The molecule has 0 unspecified atom stereocenters. The average molecular weight is 301 g/mol. The monoisotopic (exact) mass is 301 g/mol. The number of H-pyrrole nitrogens is 1. The molecule has 106 valence electrons. The molecule has 0 bridgehead atoms. The standard InChI is InChI=1S/C12H10F3N3OS/c1-7-6-10(18-17-7)16-11(19)8-2-4-9(5-3-8)20-12(13,14)15/h2-6H,1H3,(H2,16,17,18,19). The molecule has 0 aliphatic carbocycles. The van der Waals surface area contributed by atoms with Crippen LogP contribution in [-0.2, 0) is 0 Å². The summed E-state index contributed by atoms with van der Waals surface area (Å²) in [6.45, 7) is 1.78. The molecule has 0 aliphatic heterocycles. The summed E-state index contributed by atoms with van der Waals surface area (Å²) in [4.78, 5) is 11.9. The van der Waals surface area contributed by atoms with Gasteiger partial charge in [0.1, 0.15) is 0 Å². The zero-order valence-electron chi connectivity index (χ0n) is 10.3. The molecule has 0 saturated carbocycles. The Kier molecular flexibility index (Phi) is 4.03. The van der Waals surface area contributed by atoms with E-state index in [1.165, 1.54) is 24.3 Å². The van der Waals surface area contributed by atoms with Crippen molar-refractivity contribution in [2.45, 2.75) is 17.3 Å². The van der Waals surface area contributed by atoms with Crippen molar-refractivity contribution in [3.8, 4) is 0 Å². The molecule has 1 heterocycles. The number of aromatic nitrogens is 2. The van der Waals surface area contributed by atoms with Crippen molar-refractivity contribution in [3.05, 3.63) is 41.6 Å². The van der Waals surface area contributed by atoms with Gasteiger partial charge in [0.25, 0.3) is 5.91 Å². The predicted octanol–water partition coefficient (Wildman–Crippen LogP) is 3.58. The van der Waals surface area contributed by atoms with Crippen molar-refractivity contribution in [2.75, 3.05) is 5.32 Å². The SMILES string of the molecule is Cc1cc(NC(=O)c2ccc(SC(F)(F)F)cc2)n[nH]1. The van der Waals surface area contributed by atoms with Crippen LogP contribution in [0.15, 0.2) is 35.2 Å². The second-order valence-electron chi connectivity index (χ2n) is 3.96. The molecule has 0 spiro atoms. The number of carbonyl (C=O) groups is 1. The van der Waals surface area contributed by atoms with Crippen molar-refractivity contribution in [2.24, 2.45) is 0 Å². The molecule has 0 atom stereocenters. The fraction of sp³-hybridized carbons (Fsp3) is 0.167. The third kappa shape index (κ3) is 4.02. The number of alkyl halides is 3. The first kappa shape index (κ1) is 14.4. The first-order chi connectivity index (χ1) is 9.33. The van der Waals surface area contributed by atoms with Gasteiger partial charge >= 0.3 is 5.51 Å². The van der Waals surface area contributed by atoms with Gasteiger partial charge in [0.05, 0.1) is 0 Å². The van der Waals surface area contributed by atoms with Gasteiger partial charge in [-0.2, -0.15) is 18.3 Å². The van der Waals surface area contributed by atoms with Gasteiger partial charge in [0, 0.05) is 22.2 Å². The van der Waals surface area contributed by atoms with Crippen molar-refractivity contribution in [1.29, 1.82) is 0 Å². The summed E-state index contributed by atoms with van der Waals surface area (Å²) in [7, 11) is 0. The van der Waals surface area contributed by atoms with Gasteiger partial charge in [-0.3, -0.25) is 9.89 Å². The van der Waals surface area contributed by atoms with Crippen LogP contribution in [0, 0.1) is 6.92 Å². The number of hydrogen-bond acceptors (Lipinski definition) is 3. The Bertz CT molecular complexity index is 607. The lowest BCUT2D eigenvalue weighted by atomic mass is 10.2. The first-order valence-corrected chi connectivity index (χ1v) is 6.34. The van der Waals surface area contributed by atoms with Gasteiger partial charge in [-0.25, -0.2) is 0 Å². The Morgan fingerprint density at radius 2 is 1.95 bits per heavy atom. The third-order valence-electron chi connectivity index (χ3n) is 2.30. The minimum absolute atomic E-state index is 0.0321. The van der Waals surface area contributed by atoms with E-state index in [2.05, 4.69) is 15.5 Å². The van der Waals surface area contributed by atoms with Crippen LogP contribution in [0.25, 0.3) is 0 Å². The number of hydrogen-bond donors (Lipinski definition) is 2. The Hall–Kier alpha value is -1.96. The first-order valence-electron chi connectivity index (χ1n) is 5.53. The van der Waals surface area contributed by atoms with Crippen LogP contribution >= 0.6 is 11.8 Å². The summed E-state index contributed by atoms with van der Waals surface area (Å²) in [5.41, 5.74) is -3.29. The average Bonchev–Trinajstić information content (AvgIpc) is 2.73. The fourth-order valence-corrected chi connectivity index (χ4v) is 2.02. The highest BCUT2D eigenvalue weighted by molar-refractivity contribution is 8.00. The smallest absolute Gasteiger partial charge is 0.305 e. The maximum Gasteiger partial charge on any atom is 0.446 e. The quantitative estimate of drug-likeness (QED) is 0.852. The zero-order chi connectivity index (χ0) is 14.8. The molecule has 8 heteroatoms. The molecule has 1 amide bonds. The van der Waals surface area contributed by atoms with Gasteiger partial charge in [0.15, 0.2) is 5.82 Å². The van der Waals surface area contributed by atoms with Crippen LogP contribution in [0.2, 0.25) is 0 Å². The van der Waals surface area contributed by atoms with Crippen molar-refractivity contribution in [1.82, 2.24) is 10.2 Å². The summed E-state index contributed by atoms with van der Waals surface area (Å²) < 4.78 is 36.5. The van der Waals surface area contributed by atoms with E-state index in [-0.39, 0.29) is 22.2 Å². The molecule has 1 aromatic carbocycles. The van der Waals surface area contributed by atoms with Crippen LogP contribution < -0.4 is 5.32 Å². The molecule has 0 fully saturated rings. The number of nitrogens with zero attached hydrogens (tertiary/aromatic N) is 1. The molecule has 2 rings (SSSR count). The lowest BCUT2D eigenvalue weighted by molar-refractivity contribution is -0.0328. The van der Waals surface area contributed by atoms with Crippen molar-refractivity contribution >= 4 is 23.5 Å². The maximum atomic E-state index is 12.2. The van der Waals surface area contributed by atoms with Gasteiger partial charge in [-0.15, -0.1) is 0 Å². The lowest BCUT2D eigenvalue weighted by Crippen LogP contribution is -2.12. The molecule has 4 nitrogen and oxygen atoms in total. The molecule has 0 saturated heterocycles. The van der Waals surface area contributed by atoms with E-state index < -0.39 is 11.4 Å². The lowest BCUT2D eigenvalue weighted by Gasteiger charge is -2.06. The van der Waals surface area contributed by atoms with E-state index in [1.807, 2.05) is 0 Å². The third-order valence-corrected chi connectivity index (χ3v) is 3.04. The zero-order valence-corrected chi connectivity index (χ0v) is 11.1. The number of carbonyl (C=O) groups excluding carboxylic acids is 1. The number of aryl methyl sites for hydroxylation is 1. The van der Waals surface area contributed by atoms with Gasteiger partial charge in [-0.1, -0.05) is 0 Å². The maximum absolute atomic E-state index is 12.2. The highest BCUT2D eigenvalue weighted by Gasteiger charge is 2.29. The number of rotatable bonds is 3. The van der Waals surface area contributed by atoms with Crippen LogP contribution in [0.4, 0.5) is 19.0 Å². The second-order valence-corrected chi connectivity index (χ2v) is 5.10. The number of aromatic amines is 1. The van der Waals surface area contributed by atoms with Crippen molar-refractivity contribution < 1.29 is 18.0 Å². The number of amides is 1.